The van der Waals surface area contributed by atoms with E-state index >= 15 is 0 Å². The molecule has 3 aromatic rings. The van der Waals surface area contributed by atoms with Gasteiger partial charge in [-0.3, -0.25) is 9.20 Å². The third kappa shape index (κ3) is 5.15. The Morgan fingerprint density at radius 2 is 2.00 bits per heavy atom. The van der Waals surface area contributed by atoms with Gasteiger partial charge in [0.25, 0.3) is 5.91 Å². The molecular weight excluding hydrogens is 522 g/mol. The number of nitrogens with zero attached hydrogens (tertiary/aromatic N) is 5. The minimum absolute atomic E-state index is 0.0802. The topological polar surface area (TPSA) is 109 Å². The first kappa shape index (κ1) is 26.6. The van der Waals surface area contributed by atoms with Crippen LogP contribution in [0.2, 0.25) is 0 Å². The summed E-state index contributed by atoms with van der Waals surface area (Å²) >= 11 is 1.27. The Bertz CT molecular complexity index is 1600. The van der Waals surface area contributed by atoms with Gasteiger partial charge in [-0.1, -0.05) is 25.1 Å². The zero-order chi connectivity index (χ0) is 26.9. The molecule has 0 saturated carbocycles. The molecule has 1 aliphatic carbocycles. The molecule has 200 valence electrons. The quantitative estimate of drug-likeness (QED) is 0.354. The Morgan fingerprint density at radius 1 is 1.21 bits per heavy atom. The second-order valence-electron chi connectivity index (χ2n) is 9.38. The maximum Gasteiger partial charge on any atom is 0.256 e. The Kier molecular flexibility index (Phi) is 7.71. The summed E-state index contributed by atoms with van der Waals surface area (Å²) in [5.41, 5.74) is 3.07. The molecule has 2 aliphatic rings. The van der Waals surface area contributed by atoms with Crippen LogP contribution in [0.5, 0.6) is 5.75 Å². The number of piperidine rings is 1. The van der Waals surface area contributed by atoms with E-state index in [-0.39, 0.29) is 17.7 Å². The van der Waals surface area contributed by atoms with Crippen molar-refractivity contribution in [2.45, 2.75) is 50.7 Å². The van der Waals surface area contributed by atoms with E-state index in [1.165, 1.54) is 11.8 Å². The lowest BCUT2D eigenvalue weighted by molar-refractivity contribution is -0.115. The van der Waals surface area contributed by atoms with Crippen LogP contribution in [0.1, 0.15) is 38.2 Å². The Morgan fingerprint density at radius 3 is 2.74 bits per heavy atom. The molecule has 2 aromatic heterocycles. The van der Waals surface area contributed by atoms with Crippen LogP contribution >= 0.6 is 11.8 Å². The fourth-order valence-corrected chi connectivity index (χ4v) is 7.48. The number of methoxy groups -OCH3 is 1. The van der Waals surface area contributed by atoms with Crippen molar-refractivity contribution in [3.63, 3.8) is 0 Å². The van der Waals surface area contributed by atoms with Gasteiger partial charge in [0.2, 0.25) is 0 Å². The van der Waals surface area contributed by atoms with Crippen molar-refractivity contribution in [1.82, 2.24) is 18.9 Å². The summed E-state index contributed by atoms with van der Waals surface area (Å²) in [4.78, 5) is 17.2. The lowest BCUT2D eigenvalue weighted by Gasteiger charge is -2.35. The van der Waals surface area contributed by atoms with Crippen LogP contribution in [0.15, 0.2) is 58.7 Å². The highest BCUT2D eigenvalue weighted by atomic mass is 32.2. The molecule has 1 aliphatic heterocycles. The number of aromatic nitrogens is 3. The van der Waals surface area contributed by atoms with E-state index in [1.807, 2.05) is 42.5 Å². The number of fused-ring (bicyclic) bond motifs is 3. The number of hydrogen-bond acceptors (Lipinski definition) is 6. The average molecular weight is 554 g/mol. The molecule has 1 aromatic carbocycles. The lowest BCUT2D eigenvalue weighted by atomic mass is 10.0. The Labute approximate surface area is 226 Å². The summed E-state index contributed by atoms with van der Waals surface area (Å²) in [6, 6.07) is 7.93. The van der Waals surface area contributed by atoms with E-state index in [1.54, 1.807) is 35.7 Å². The highest BCUT2D eigenvalue weighted by molar-refractivity contribution is 7.99. The van der Waals surface area contributed by atoms with Gasteiger partial charge >= 0.3 is 0 Å². The normalized spacial score (nSPS) is 19.7. The van der Waals surface area contributed by atoms with Crippen LogP contribution in [0.3, 0.4) is 0 Å². The molecule has 1 saturated heterocycles. The number of carbonyl (C=O) groups excluding carboxylic acids is 1. The molecule has 0 spiro atoms. The number of aliphatic imine (C=N–C) groups is 1. The predicted octanol–water partition coefficient (Wildman–Crippen LogP) is 4.49. The van der Waals surface area contributed by atoms with Gasteiger partial charge in [0.15, 0.2) is 20.8 Å². The van der Waals surface area contributed by atoms with E-state index in [0.717, 1.165) is 53.5 Å². The second-order valence-corrected chi connectivity index (χ2v) is 12.3. The zero-order valence-electron chi connectivity index (χ0n) is 21.7. The largest absolute Gasteiger partial charge is 0.497 e. The van der Waals surface area contributed by atoms with Gasteiger partial charge in [-0.25, -0.2) is 13.5 Å². The van der Waals surface area contributed by atoms with Crippen molar-refractivity contribution >= 4 is 54.8 Å². The maximum absolute atomic E-state index is 13.3. The standard InChI is InChI=1S/C27H31N5O4S2/c1-4-21-7-5-6-14-31(21)38(34,35)23-11-8-20(9-12-23)28-25(33)17-37-27-30-29-26-18(2)15-19-16-22(36-3)10-13-24(19)32(26)27/h8-13,15-16,21H,4-7,14,17H2,1-3H3,(H,34,35)/t21-/m0/s1. The van der Waals surface area contributed by atoms with Crippen molar-refractivity contribution in [2.24, 2.45) is 4.99 Å². The fraction of sp³-hybridized carbons (Fsp3) is 0.370. The van der Waals surface area contributed by atoms with Gasteiger partial charge in [0.05, 0.1) is 29.0 Å². The average Bonchev–Trinajstić information content (AvgIpc) is 3.37. The fourth-order valence-electron chi connectivity index (χ4n) is 4.96. The number of carbonyl (C=O) groups is 1. The van der Waals surface area contributed by atoms with Crippen molar-refractivity contribution in [1.29, 1.82) is 0 Å². The lowest BCUT2D eigenvalue weighted by Crippen LogP contribution is -2.45. The van der Waals surface area contributed by atoms with E-state index in [0.29, 0.717) is 22.3 Å². The van der Waals surface area contributed by atoms with Gasteiger partial charge in [-0.05, 0) is 80.3 Å². The molecule has 2 atom stereocenters. The molecule has 9 nitrogen and oxygen atoms in total. The Balaban J connectivity index is 1.32. The van der Waals surface area contributed by atoms with Crippen LogP contribution in [-0.2, 0) is 14.8 Å². The number of aryl methyl sites for hydroxylation is 1. The van der Waals surface area contributed by atoms with Gasteiger partial charge < -0.3 is 9.29 Å². The predicted molar refractivity (Wildman–Crippen MR) is 154 cm³/mol. The number of pyridine rings is 1. The third-order valence-electron chi connectivity index (χ3n) is 6.92. The van der Waals surface area contributed by atoms with E-state index in [9.17, 15) is 13.6 Å². The molecule has 1 N–H and O–H groups in total. The minimum atomic E-state index is -3.33. The Hall–Kier alpha value is -2.99. The van der Waals surface area contributed by atoms with Crippen LogP contribution in [0.4, 0.5) is 0 Å². The van der Waals surface area contributed by atoms with Crippen molar-refractivity contribution in [3.8, 4) is 5.75 Å². The number of benzene rings is 1. The maximum atomic E-state index is 13.3. The minimum Gasteiger partial charge on any atom is -0.497 e. The van der Waals surface area contributed by atoms with Crippen molar-refractivity contribution in [2.75, 3.05) is 19.4 Å². The molecule has 1 fully saturated rings. The summed E-state index contributed by atoms with van der Waals surface area (Å²) < 4.78 is 33.2. The van der Waals surface area contributed by atoms with Crippen LogP contribution in [-0.4, -0.2) is 69.6 Å². The van der Waals surface area contributed by atoms with Gasteiger partial charge in [-0.2, -0.15) is 0 Å². The van der Waals surface area contributed by atoms with Crippen molar-refractivity contribution < 1.29 is 18.3 Å². The second kappa shape index (κ2) is 11.0. The molecule has 3 heterocycles. The monoisotopic (exact) mass is 553 g/mol. The highest BCUT2D eigenvalue weighted by Crippen LogP contribution is 2.28. The van der Waals surface area contributed by atoms with Gasteiger partial charge in [0.1, 0.15) is 5.75 Å². The smallest absolute Gasteiger partial charge is 0.256 e. The number of hydrogen-bond donors (Lipinski definition) is 1. The third-order valence-corrected chi connectivity index (χ3v) is 9.83. The summed E-state index contributed by atoms with van der Waals surface area (Å²) in [6.07, 6.45) is 10.2. The van der Waals surface area contributed by atoms with E-state index < -0.39 is 9.99 Å². The van der Waals surface area contributed by atoms with Gasteiger partial charge in [0, 0.05) is 18.0 Å². The van der Waals surface area contributed by atoms with Crippen LogP contribution < -0.4 is 4.74 Å². The first-order valence-electron chi connectivity index (χ1n) is 12.6. The summed E-state index contributed by atoms with van der Waals surface area (Å²) in [6.45, 7) is 4.63. The molecule has 1 unspecified atom stereocenters. The molecular formula is C27H31N5O4S2. The van der Waals surface area contributed by atoms with Gasteiger partial charge in [-0.15, -0.1) is 10.2 Å². The van der Waals surface area contributed by atoms with E-state index in [4.69, 9.17) is 4.74 Å². The van der Waals surface area contributed by atoms with E-state index in [2.05, 4.69) is 15.2 Å². The van der Waals surface area contributed by atoms with Crippen molar-refractivity contribution in [3.05, 3.63) is 54.1 Å². The highest BCUT2D eigenvalue weighted by Gasteiger charge is 2.29. The molecule has 5 rings (SSSR count). The first-order chi connectivity index (χ1) is 18.3. The SMILES string of the molecule is CC[C@H]1CCCCN1S(=O)(O)=C1C=CC(=NC(=O)CSc2nnc3c(C)cc4cc(OC)ccc4n23)C=C1. The number of thioether (sulfide) groups is 1. The molecule has 1 amide bonds. The number of rotatable bonds is 6. The number of allylic oxidation sites excluding steroid dienone is 4. The molecule has 11 heteroatoms. The molecule has 0 radical (unpaired) electrons. The molecule has 0 bridgehead atoms. The zero-order valence-corrected chi connectivity index (χ0v) is 23.3. The number of amides is 1. The summed E-state index contributed by atoms with van der Waals surface area (Å²) in [5, 5.41) is 10.2. The van der Waals surface area contributed by atoms with Crippen LogP contribution in [0.25, 0.3) is 16.6 Å². The first-order valence-corrected chi connectivity index (χ1v) is 15.1. The number of ether oxygens (including phenoxy) is 1. The summed E-state index contributed by atoms with van der Waals surface area (Å²) in [5.74, 6) is 0.512. The molecule has 38 heavy (non-hydrogen) atoms. The van der Waals surface area contributed by atoms with Crippen LogP contribution in [0, 0.1) is 6.92 Å². The summed E-state index contributed by atoms with van der Waals surface area (Å²) in [7, 11) is -1.70.